The molecule has 0 saturated carbocycles. The number of hydrogen-bond donors (Lipinski definition) is 1. The second-order valence-electron chi connectivity index (χ2n) is 6.53. The second kappa shape index (κ2) is 9.44. The standard InChI is InChI=1S/C20H28ClN3O3/c1-4-24-9-8-22-20(24)19-16(7-6-10-27-19)23-13-14-11-15(21)18(25-3)17(12-14)26-5-2/h8-9,11-12,16,19,23H,4-7,10,13H2,1-3H3/t16-,19-/m0/s1. The molecule has 2 atom stereocenters. The van der Waals surface area contributed by atoms with E-state index < -0.39 is 0 Å². The molecule has 0 bridgehead atoms. The van der Waals surface area contributed by atoms with Crippen molar-refractivity contribution in [3.8, 4) is 11.5 Å². The number of aryl methyl sites for hydroxylation is 1. The third-order valence-corrected chi connectivity index (χ3v) is 5.09. The Kier molecular flexibility index (Phi) is 6.99. The van der Waals surface area contributed by atoms with Gasteiger partial charge in [0.05, 0.1) is 18.7 Å². The molecule has 0 unspecified atom stereocenters. The zero-order valence-electron chi connectivity index (χ0n) is 16.2. The molecule has 1 aliphatic heterocycles. The first kappa shape index (κ1) is 20.0. The molecule has 0 amide bonds. The van der Waals surface area contributed by atoms with Crippen molar-refractivity contribution in [1.82, 2.24) is 14.9 Å². The Morgan fingerprint density at radius 1 is 1.37 bits per heavy atom. The third-order valence-electron chi connectivity index (χ3n) is 4.81. The summed E-state index contributed by atoms with van der Waals surface area (Å²) in [5.41, 5.74) is 1.05. The van der Waals surface area contributed by atoms with Gasteiger partial charge in [-0.25, -0.2) is 4.98 Å². The fourth-order valence-electron chi connectivity index (χ4n) is 3.52. The average Bonchev–Trinajstić information content (AvgIpc) is 3.15. The van der Waals surface area contributed by atoms with Crippen molar-refractivity contribution in [3.63, 3.8) is 0 Å². The van der Waals surface area contributed by atoms with Crippen LogP contribution in [0.2, 0.25) is 5.02 Å². The number of methoxy groups -OCH3 is 1. The Hall–Kier alpha value is -1.76. The maximum absolute atomic E-state index is 6.37. The van der Waals surface area contributed by atoms with Crippen LogP contribution < -0.4 is 14.8 Å². The second-order valence-corrected chi connectivity index (χ2v) is 6.94. The van der Waals surface area contributed by atoms with Crippen LogP contribution in [0, 0.1) is 0 Å². The van der Waals surface area contributed by atoms with Crippen molar-refractivity contribution in [2.45, 2.75) is 51.9 Å². The molecule has 0 radical (unpaired) electrons. The van der Waals surface area contributed by atoms with Crippen LogP contribution >= 0.6 is 11.6 Å². The van der Waals surface area contributed by atoms with Crippen LogP contribution in [0.5, 0.6) is 11.5 Å². The molecule has 1 fully saturated rings. The van der Waals surface area contributed by atoms with Crippen molar-refractivity contribution >= 4 is 11.6 Å². The Balaban J connectivity index is 1.74. The van der Waals surface area contributed by atoms with Gasteiger partial charge < -0.3 is 24.1 Å². The van der Waals surface area contributed by atoms with Crippen LogP contribution in [0.4, 0.5) is 0 Å². The molecule has 27 heavy (non-hydrogen) atoms. The Morgan fingerprint density at radius 3 is 2.96 bits per heavy atom. The van der Waals surface area contributed by atoms with E-state index in [4.69, 9.17) is 25.8 Å². The summed E-state index contributed by atoms with van der Waals surface area (Å²) in [7, 11) is 1.60. The maximum atomic E-state index is 6.37. The fourth-order valence-corrected chi connectivity index (χ4v) is 3.83. The number of nitrogens with one attached hydrogen (secondary N) is 1. The molecule has 1 aliphatic rings. The van der Waals surface area contributed by atoms with Gasteiger partial charge in [0.15, 0.2) is 11.5 Å². The minimum atomic E-state index is -0.0474. The minimum absolute atomic E-state index is 0.0474. The summed E-state index contributed by atoms with van der Waals surface area (Å²) in [6, 6.07) is 4.09. The smallest absolute Gasteiger partial charge is 0.179 e. The summed E-state index contributed by atoms with van der Waals surface area (Å²) < 4.78 is 19.3. The lowest BCUT2D eigenvalue weighted by Gasteiger charge is -2.32. The van der Waals surface area contributed by atoms with Crippen LogP contribution in [0.1, 0.15) is 44.2 Å². The molecule has 1 N–H and O–H groups in total. The number of ether oxygens (including phenoxy) is 3. The molecule has 0 aliphatic carbocycles. The molecule has 1 saturated heterocycles. The van der Waals surface area contributed by atoms with E-state index in [0.717, 1.165) is 37.4 Å². The van der Waals surface area contributed by atoms with Crippen molar-refractivity contribution in [2.24, 2.45) is 0 Å². The number of nitrogens with zero attached hydrogens (tertiary/aromatic N) is 2. The predicted molar refractivity (Wildman–Crippen MR) is 106 cm³/mol. The van der Waals surface area contributed by atoms with Crippen LogP contribution in [-0.2, 0) is 17.8 Å². The number of aromatic nitrogens is 2. The van der Waals surface area contributed by atoms with Gasteiger partial charge in [-0.2, -0.15) is 0 Å². The molecule has 1 aromatic carbocycles. The van der Waals surface area contributed by atoms with E-state index in [1.54, 1.807) is 7.11 Å². The number of rotatable bonds is 8. The summed E-state index contributed by atoms with van der Waals surface area (Å²) in [5, 5.41) is 4.18. The maximum Gasteiger partial charge on any atom is 0.179 e. The summed E-state index contributed by atoms with van der Waals surface area (Å²) in [6.45, 7) is 6.93. The molecule has 7 heteroatoms. The van der Waals surface area contributed by atoms with Gasteiger partial charge in [0.2, 0.25) is 0 Å². The van der Waals surface area contributed by atoms with E-state index in [0.29, 0.717) is 29.7 Å². The normalized spacial score (nSPS) is 19.9. The number of imidazole rings is 1. The highest BCUT2D eigenvalue weighted by molar-refractivity contribution is 6.32. The summed E-state index contributed by atoms with van der Waals surface area (Å²) in [4.78, 5) is 4.53. The Morgan fingerprint density at radius 2 is 2.22 bits per heavy atom. The van der Waals surface area contributed by atoms with Gasteiger partial charge in [-0.05, 0) is 44.4 Å². The molecule has 0 spiro atoms. The minimum Gasteiger partial charge on any atom is -0.491 e. The lowest BCUT2D eigenvalue weighted by atomic mass is 10.0. The highest BCUT2D eigenvalue weighted by atomic mass is 35.5. The quantitative estimate of drug-likeness (QED) is 0.735. The number of halogens is 1. The van der Waals surface area contributed by atoms with Gasteiger partial charge in [0.1, 0.15) is 11.9 Å². The van der Waals surface area contributed by atoms with Crippen molar-refractivity contribution in [1.29, 1.82) is 0 Å². The monoisotopic (exact) mass is 393 g/mol. The van der Waals surface area contributed by atoms with Crippen LogP contribution in [0.15, 0.2) is 24.5 Å². The highest BCUT2D eigenvalue weighted by Gasteiger charge is 2.30. The van der Waals surface area contributed by atoms with E-state index in [1.807, 2.05) is 31.5 Å². The van der Waals surface area contributed by atoms with Gasteiger partial charge >= 0.3 is 0 Å². The van der Waals surface area contributed by atoms with Crippen LogP contribution in [-0.4, -0.2) is 35.9 Å². The topological polar surface area (TPSA) is 57.5 Å². The summed E-state index contributed by atoms with van der Waals surface area (Å²) in [5.74, 6) is 2.23. The molecule has 2 heterocycles. The number of hydrogen-bond acceptors (Lipinski definition) is 5. The Bertz CT molecular complexity index is 750. The van der Waals surface area contributed by atoms with Crippen molar-refractivity contribution in [2.75, 3.05) is 20.3 Å². The predicted octanol–water partition coefficient (Wildman–Crippen LogP) is 3.97. The van der Waals surface area contributed by atoms with Gasteiger partial charge in [-0.1, -0.05) is 11.6 Å². The molecular weight excluding hydrogens is 366 g/mol. The fraction of sp³-hybridized carbons (Fsp3) is 0.550. The molecular formula is C20H28ClN3O3. The molecule has 6 nitrogen and oxygen atoms in total. The average molecular weight is 394 g/mol. The first-order valence-electron chi connectivity index (χ1n) is 9.53. The zero-order valence-corrected chi connectivity index (χ0v) is 17.0. The van der Waals surface area contributed by atoms with Crippen molar-refractivity contribution in [3.05, 3.63) is 40.9 Å². The van der Waals surface area contributed by atoms with Crippen LogP contribution in [0.25, 0.3) is 0 Å². The lowest BCUT2D eigenvalue weighted by Crippen LogP contribution is -2.40. The molecule has 1 aromatic heterocycles. The first-order valence-corrected chi connectivity index (χ1v) is 9.90. The molecule has 148 valence electrons. The van der Waals surface area contributed by atoms with E-state index in [-0.39, 0.29) is 12.1 Å². The van der Waals surface area contributed by atoms with E-state index in [2.05, 4.69) is 21.8 Å². The van der Waals surface area contributed by atoms with Gasteiger partial charge in [0, 0.05) is 38.1 Å². The van der Waals surface area contributed by atoms with Gasteiger partial charge in [0.25, 0.3) is 0 Å². The lowest BCUT2D eigenvalue weighted by molar-refractivity contribution is -0.0182. The van der Waals surface area contributed by atoms with Gasteiger partial charge in [-0.15, -0.1) is 0 Å². The van der Waals surface area contributed by atoms with E-state index in [1.165, 1.54) is 0 Å². The highest BCUT2D eigenvalue weighted by Crippen LogP contribution is 2.36. The first-order chi connectivity index (χ1) is 13.2. The van der Waals surface area contributed by atoms with Crippen molar-refractivity contribution < 1.29 is 14.2 Å². The van der Waals surface area contributed by atoms with Gasteiger partial charge in [-0.3, -0.25) is 0 Å². The van der Waals surface area contributed by atoms with Crippen LogP contribution in [0.3, 0.4) is 0 Å². The van der Waals surface area contributed by atoms with E-state index in [9.17, 15) is 0 Å². The zero-order chi connectivity index (χ0) is 19.2. The third kappa shape index (κ3) is 4.57. The van der Waals surface area contributed by atoms with E-state index >= 15 is 0 Å². The largest absolute Gasteiger partial charge is 0.491 e. The Labute approximate surface area is 165 Å². The summed E-state index contributed by atoms with van der Waals surface area (Å²) in [6.07, 6.45) is 5.87. The molecule has 3 rings (SSSR count). The summed E-state index contributed by atoms with van der Waals surface area (Å²) >= 11 is 6.37. The SMILES string of the molecule is CCOc1cc(CN[C@H]2CCCO[C@@H]2c2nccn2CC)cc(Cl)c1OC. The number of benzene rings is 1. The molecule has 2 aromatic rings.